The van der Waals surface area contributed by atoms with Gasteiger partial charge in [-0.1, -0.05) is 30.3 Å². The highest BCUT2D eigenvalue weighted by Crippen LogP contribution is 2.40. The Morgan fingerprint density at radius 2 is 1.81 bits per heavy atom. The molecule has 0 spiro atoms. The maximum atomic E-state index is 13.0. The van der Waals surface area contributed by atoms with Crippen LogP contribution in [0.4, 0.5) is 5.69 Å². The van der Waals surface area contributed by atoms with E-state index in [2.05, 4.69) is 53.0 Å². The number of carbonyl (C=O) groups excluding carboxylic acids is 1. The molecule has 9 nitrogen and oxygen atoms in total. The van der Waals surface area contributed by atoms with Gasteiger partial charge < -0.3 is 30.7 Å². The van der Waals surface area contributed by atoms with Crippen LogP contribution in [0.5, 0.6) is 11.5 Å². The number of benzene rings is 3. The summed E-state index contributed by atoms with van der Waals surface area (Å²) in [6, 6.07) is 14.8. The number of amides is 1. The van der Waals surface area contributed by atoms with E-state index in [4.69, 9.17) is 9.84 Å². The Morgan fingerprint density at radius 1 is 1.03 bits per heavy atom. The maximum absolute atomic E-state index is 13.0. The van der Waals surface area contributed by atoms with Gasteiger partial charge in [0.05, 0.1) is 30.5 Å². The molecule has 192 valence electrons. The number of rotatable bonds is 13. The van der Waals surface area contributed by atoms with Crippen LogP contribution >= 0.6 is 31.9 Å². The summed E-state index contributed by atoms with van der Waals surface area (Å²) in [6.07, 6.45) is 1.77. The molecule has 0 radical (unpaired) electrons. The van der Waals surface area contributed by atoms with E-state index >= 15 is 0 Å². The van der Waals surface area contributed by atoms with Crippen molar-refractivity contribution < 1.29 is 24.9 Å². The first-order valence-corrected chi connectivity index (χ1v) is 12.9. The van der Waals surface area contributed by atoms with E-state index in [1.807, 2.05) is 42.5 Å². The summed E-state index contributed by atoms with van der Waals surface area (Å²) in [4.78, 5) is 13.0. The van der Waals surface area contributed by atoms with E-state index in [1.54, 1.807) is 0 Å². The van der Waals surface area contributed by atoms with E-state index in [0.717, 1.165) is 16.5 Å². The predicted octanol–water partition coefficient (Wildman–Crippen LogP) is 3.70. The zero-order valence-electron chi connectivity index (χ0n) is 19.4. The Hall–Kier alpha value is -2.70. The van der Waals surface area contributed by atoms with Crippen LogP contribution in [0.2, 0.25) is 0 Å². The lowest BCUT2D eigenvalue weighted by Crippen LogP contribution is -2.39. The van der Waals surface area contributed by atoms with Gasteiger partial charge in [0.2, 0.25) is 0 Å². The Morgan fingerprint density at radius 3 is 2.58 bits per heavy atom. The van der Waals surface area contributed by atoms with E-state index in [9.17, 15) is 15.0 Å². The van der Waals surface area contributed by atoms with Crippen molar-refractivity contribution in [3.05, 3.63) is 63.0 Å². The summed E-state index contributed by atoms with van der Waals surface area (Å²) in [5, 5.41) is 41.5. The molecule has 6 N–H and O–H groups in total. The SMILES string of the molecule is O=C(N/N=C/c1cc(Br)c(O)c(Br)c1O)C(CCNCCOCCO)Nc1ccc2ccccc2c1. The van der Waals surface area contributed by atoms with Gasteiger partial charge in [0, 0.05) is 17.8 Å². The van der Waals surface area contributed by atoms with Crippen molar-refractivity contribution in [2.24, 2.45) is 5.10 Å². The van der Waals surface area contributed by atoms with Gasteiger partial charge in [0.15, 0.2) is 0 Å². The van der Waals surface area contributed by atoms with Crippen LogP contribution < -0.4 is 16.1 Å². The number of nitrogens with one attached hydrogen (secondary N) is 3. The number of phenolic OH excluding ortho intramolecular Hbond substituents is 2. The molecule has 36 heavy (non-hydrogen) atoms. The number of aliphatic hydroxyl groups excluding tert-OH is 1. The topological polar surface area (TPSA) is 135 Å². The number of hydrazone groups is 1. The van der Waals surface area contributed by atoms with E-state index in [1.165, 1.54) is 12.3 Å². The van der Waals surface area contributed by atoms with Gasteiger partial charge in [-0.3, -0.25) is 4.79 Å². The molecule has 0 saturated heterocycles. The number of hydrogen-bond donors (Lipinski definition) is 6. The smallest absolute Gasteiger partial charge is 0.262 e. The number of nitrogens with zero attached hydrogens (tertiary/aromatic N) is 1. The zero-order chi connectivity index (χ0) is 25.9. The molecule has 0 aliphatic rings. The molecule has 0 aromatic heterocycles. The Bertz CT molecular complexity index is 1210. The minimum Gasteiger partial charge on any atom is -0.506 e. The van der Waals surface area contributed by atoms with Gasteiger partial charge in [0.1, 0.15) is 22.0 Å². The Kier molecular flexibility index (Phi) is 11.0. The van der Waals surface area contributed by atoms with Crippen molar-refractivity contribution in [1.82, 2.24) is 10.7 Å². The second kappa shape index (κ2) is 14.1. The first kappa shape index (κ1) is 27.9. The highest BCUT2D eigenvalue weighted by Gasteiger charge is 2.18. The Labute approximate surface area is 225 Å². The number of carbonyl (C=O) groups is 1. The standard InChI is InChI=1S/C25H28Br2N4O5/c26-20-14-18(23(33)22(27)24(20)34)15-29-31-25(35)21(7-8-28-9-11-36-12-10-32)30-19-6-5-16-3-1-2-4-17(16)13-19/h1-6,13-15,21,28,30,32-34H,7-12H2,(H,31,35)/b29-15+. The Balaban J connectivity index is 1.67. The molecule has 1 atom stereocenters. The molecule has 0 heterocycles. The van der Waals surface area contributed by atoms with Crippen molar-refractivity contribution in [3.8, 4) is 11.5 Å². The molecule has 1 amide bonds. The maximum Gasteiger partial charge on any atom is 0.262 e. The quantitative estimate of drug-likeness (QED) is 0.0971. The summed E-state index contributed by atoms with van der Waals surface area (Å²) in [5.74, 6) is -0.691. The molecule has 3 rings (SSSR count). The average molecular weight is 624 g/mol. The normalized spacial score (nSPS) is 12.2. The van der Waals surface area contributed by atoms with E-state index < -0.39 is 6.04 Å². The third-order valence-electron chi connectivity index (χ3n) is 5.25. The van der Waals surface area contributed by atoms with E-state index in [0.29, 0.717) is 36.2 Å². The molecule has 0 aliphatic carbocycles. The summed E-state index contributed by atoms with van der Waals surface area (Å²) in [5.41, 5.74) is 3.62. The minimum atomic E-state index is -0.596. The number of aromatic hydroxyl groups is 2. The summed E-state index contributed by atoms with van der Waals surface area (Å²) in [6.45, 7) is 1.86. The fraction of sp³-hybridized carbons (Fsp3) is 0.280. The number of anilines is 1. The molecule has 1 unspecified atom stereocenters. The molecular formula is C25H28Br2N4O5. The van der Waals surface area contributed by atoms with Gasteiger partial charge in [-0.25, -0.2) is 5.43 Å². The number of hydrogen-bond acceptors (Lipinski definition) is 8. The van der Waals surface area contributed by atoms with Gasteiger partial charge in [0.25, 0.3) is 5.91 Å². The van der Waals surface area contributed by atoms with Crippen molar-refractivity contribution in [3.63, 3.8) is 0 Å². The fourth-order valence-electron chi connectivity index (χ4n) is 3.39. The monoisotopic (exact) mass is 622 g/mol. The van der Waals surface area contributed by atoms with Crippen LogP contribution in [-0.2, 0) is 9.53 Å². The lowest BCUT2D eigenvalue weighted by Gasteiger charge is -2.19. The van der Waals surface area contributed by atoms with Crippen LogP contribution in [0.25, 0.3) is 10.8 Å². The number of fused-ring (bicyclic) bond motifs is 1. The van der Waals surface area contributed by atoms with Crippen molar-refractivity contribution in [2.75, 3.05) is 38.2 Å². The molecule has 3 aromatic carbocycles. The first-order chi connectivity index (χ1) is 17.4. The second-order valence-electron chi connectivity index (χ2n) is 7.83. The molecule has 0 saturated carbocycles. The van der Waals surface area contributed by atoms with Crippen molar-refractivity contribution in [2.45, 2.75) is 12.5 Å². The summed E-state index contributed by atoms with van der Waals surface area (Å²) in [7, 11) is 0. The van der Waals surface area contributed by atoms with Gasteiger partial charge in [-0.05, 0) is 73.8 Å². The molecule has 0 bridgehead atoms. The lowest BCUT2D eigenvalue weighted by molar-refractivity contribution is -0.121. The van der Waals surface area contributed by atoms with Crippen LogP contribution in [0.15, 0.2) is 62.6 Å². The third kappa shape index (κ3) is 7.90. The number of phenols is 2. The van der Waals surface area contributed by atoms with Crippen LogP contribution in [0.1, 0.15) is 12.0 Å². The van der Waals surface area contributed by atoms with Gasteiger partial charge in [-0.15, -0.1) is 0 Å². The predicted molar refractivity (Wildman–Crippen MR) is 148 cm³/mol. The highest BCUT2D eigenvalue weighted by atomic mass is 79.9. The molecule has 0 aliphatic heterocycles. The fourth-order valence-corrected chi connectivity index (χ4v) is 4.54. The zero-order valence-corrected chi connectivity index (χ0v) is 22.5. The molecule has 0 fully saturated rings. The van der Waals surface area contributed by atoms with Crippen LogP contribution in [0, 0.1) is 0 Å². The van der Waals surface area contributed by atoms with Crippen molar-refractivity contribution in [1.29, 1.82) is 0 Å². The number of ether oxygens (including phenoxy) is 1. The largest absolute Gasteiger partial charge is 0.506 e. The minimum absolute atomic E-state index is 0.0196. The average Bonchev–Trinajstić information content (AvgIpc) is 2.89. The van der Waals surface area contributed by atoms with Crippen molar-refractivity contribution >= 4 is 60.4 Å². The second-order valence-corrected chi connectivity index (χ2v) is 9.47. The van der Waals surface area contributed by atoms with Crippen LogP contribution in [-0.4, -0.2) is 66.4 Å². The van der Waals surface area contributed by atoms with E-state index in [-0.39, 0.29) is 35.1 Å². The highest BCUT2D eigenvalue weighted by molar-refractivity contribution is 9.11. The summed E-state index contributed by atoms with van der Waals surface area (Å²) >= 11 is 6.32. The van der Waals surface area contributed by atoms with Gasteiger partial charge >= 0.3 is 0 Å². The third-order valence-corrected chi connectivity index (χ3v) is 6.61. The number of halogens is 2. The summed E-state index contributed by atoms with van der Waals surface area (Å²) < 4.78 is 5.72. The molecule has 11 heteroatoms. The van der Waals surface area contributed by atoms with Gasteiger partial charge in [-0.2, -0.15) is 5.10 Å². The number of aliphatic hydroxyl groups is 1. The molecule has 3 aromatic rings. The van der Waals surface area contributed by atoms with Crippen LogP contribution in [0.3, 0.4) is 0 Å². The lowest BCUT2D eigenvalue weighted by atomic mass is 10.1. The molecular weight excluding hydrogens is 596 g/mol. The first-order valence-electron chi connectivity index (χ1n) is 11.3.